The molecule has 1 amide bonds. The summed E-state index contributed by atoms with van der Waals surface area (Å²) >= 11 is 13.3. The van der Waals surface area contributed by atoms with Gasteiger partial charge in [0, 0.05) is 20.5 Å². The second kappa shape index (κ2) is 7.87. The van der Waals surface area contributed by atoms with Crippen molar-refractivity contribution in [1.29, 1.82) is 0 Å². The summed E-state index contributed by atoms with van der Waals surface area (Å²) < 4.78 is 0. The highest BCUT2D eigenvalue weighted by atomic mass is 35.5. The van der Waals surface area contributed by atoms with E-state index in [1.165, 1.54) is 16.2 Å². The summed E-state index contributed by atoms with van der Waals surface area (Å²) in [7, 11) is 0. The first kappa shape index (κ1) is 20.6. The number of rotatable bonds is 3. The van der Waals surface area contributed by atoms with Crippen LogP contribution in [0.1, 0.15) is 27.7 Å². The lowest BCUT2D eigenvalue weighted by molar-refractivity contribution is -0.132. The van der Waals surface area contributed by atoms with Gasteiger partial charge in [0.05, 0.1) is 17.3 Å². The van der Waals surface area contributed by atoms with E-state index in [0.29, 0.717) is 26.3 Å². The van der Waals surface area contributed by atoms with Gasteiger partial charge in [-0.2, -0.15) is 0 Å². The van der Waals surface area contributed by atoms with Gasteiger partial charge in [-0.05, 0) is 55.8 Å². The first-order valence-electron chi connectivity index (χ1n) is 9.04. The van der Waals surface area contributed by atoms with Crippen LogP contribution < -0.4 is 4.90 Å². The summed E-state index contributed by atoms with van der Waals surface area (Å²) in [6, 6.07) is 12.4. The summed E-state index contributed by atoms with van der Waals surface area (Å²) in [6.45, 7) is 3.75. The molecule has 1 fully saturated rings. The number of benzene rings is 2. The predicted molar refractivity (Wildman–Crippen MR) is 119 cm³/mol. The van der Waals surface area contributed by atoms with Crippen LogP contribution in [-0.2, 0) is 9.59 Å². The number of hydrogen-bond donors (Lipinski definition) is 1. The lowest BCUT2D eigenvalue weighted by atomic mass is 9.95. The Labute approximate surface area is 187 Å². The highest BCUT2D eigenvalue weighted by Gasteiger charge is 2.48. The van der Waals surface area contributed by atoms with Gasteiger partial charge in [-0.3, -0.25) is 14.5 Å². The molecule has 1 atom stereocenters. The first-order chi connectivity index (χ1) is 14.3. The molecule has 1 saturated heterocycles. The Morgan fingerprint density at radius 2 is 1.57 bits per heavy atom. The largest absolute Gasteiger partial charge is 0.507 e. The number of anilines is 1. The Kier molecular flexibility index (Phi) is 5.40. The monoisotopic (exact) mass is 458 g/mol. The normalized spacial score (nSPS) is 18.3. The molecule has 3 aromatic rings. The third-order valence-electron chi connectivity index (χ3n) is 4.97. The third-order valence-corrected chi connectivity index (χ3v) is 6.55. The Bertz CT molecular complexity index is 1160. The Morgan fingerprint density at radius 1 is 1.00 bits per heavy atom. The van der Waals surface area contributed by atoms with Crippen molar-refractivity contribution in [2.45, 2.75) is 19.9 Å². The number of hydrogen-bond acceptors (Lipinski definition) is 5. The molecule has 152 valence electrons. The molecular weight excluding hydrogens is 443 g/mol. The Morgan fingerprint density at radius 3 is 2.10 bits per heavy atom. The van der Waals surface area contributed by atoms with Crippen molar-refractivity contribution in [2.75, 3.05) is 4.90 Å². The molecule has 0 unspecified atom stereocenters. The number of amides is 1. The minimum atomic E-state index is -0.831. The zero-order valence-electron chi connectivity index (χ0n) is 16.0. The van der Waals surface area contributed by atoms with Gasteiger partial charge in [0.1, 0.15) is 5.76 Å². The minimum absolute atomic E-state index is 0.00449. The van der Waals surface area contributed by atoms with Crippen LogP contribution in [-0.4, -0.2) is 21.8 Å². The molecule has 1 N–H and O–H groups in total. The van der Waals surface area contributed by atoms with E-state index < -0.39 is 17.7 Å². The van der Waals surface area contributed by atoms with Gasteiger partial charge in [-0.15, -0.1) is 11.3 Å². The molecule has 2 heterocycles. The summed E-state index contributed by atoms with van der Waals surface area (Å²) in [6.07, 6.45) is 0. The van der Waals surface area contributed by atoms with Gasteiger partial charge in [-0.1, -0.05) is 35.3 Å². The third kappa shape index (κ3) is 3.51. The molecule has 0 aliphatic carbocycles. The number of carbonyl (C=O) groups excluding carboxylic acids is 2. The Balaban J connectivity index is 1.94. The fraction of sp³-hybridized carbons (Fsp3) is 0.136. The topological polar surface area (TPSA) is 70.5 Å². The summed E-state index contributed by atoms with van der Waals surface area (Å²) in [4.78, 5) is 32.8. The number of nitrogens with zero attached hydrogens (tertiary/aromatic N) is 2. The smallest absolute Gasteiger partial charge is 0.301 e. The summed E-state index contributed by atoms with van der Waals surface area (Å²) in [5.41, 5.74) is 1.81. The number of ketones is 1. The van der Waals surface area contributed by atoms with E-state index in [1.54, 1.807) is 48.5 Å². The van der Waals surface area contributed by atoms with Gasteiger partial charge < -0.3 is 5.11 Å². The van der Waals surface area contributed by atoms with Gasteiger partial charge >= 0.3 is 5.91 Å². The van der Waals surface area contributed by atoms with Gasteiger partial charge in [0.2, 0.25) is 0 Å². The minimum Gasteiger partial charge on any atom is -0.507 e. The highest BCUT2D eigenvalue weighted by molar-refractivity contribution is 7.16. The van der Waals surface area contributed by atoms with Crippen LogP contribution in [0, 0.1) is 13.8 Å². The SMILES string of the molecule is Cc1nc(N2C(=O)C(=O)C(=C(O)c3ccc(Cl)cc3)[C@H]2c2ccc(Cl)cc2)sc1C. The van der Waals surface area contributed by atoms with E-state index in [2.05, 4.69) is 4.98 Å². The van der Waals surface area contributed by atoms with Crippen LogP contribution in [0.5, 0.6) is 0 Å². The van der Waals surface area contributed by atoms with Gasteiger partial charge in [0.15, 0.2) is 5.13 Å². The van der Waals surface area contributed by atoms with Crippen molar-refractivity contribution in [2.24, 2.45) is 0 Å². The molecule has 0 saturated carbocycles. The van der Waals surface area contributed by atoms with E-state index in [9.17, 15) is 14.7 Å². The summed E-state index contributed by atoms with van der Waals surface area (Å²) in [5, 5.41) is 12.4. The predicted octanol–water partition coefficient (Wildman–Crippen LogP) is 5.69. The van der Waals surface area contributed by atoms with E-state index >= 15 is 0 Å². The van der Waals surface area contributed by atoms with Crippen LogP contribution >= 0.6 is 34.5 Å². The van der Waals surface area contributed by atoms with Crippen LogP contribution in [0.2, 0.25) is 10.0 Å². The molecule has 8 heteroatoms. The molecular formula is C22H16Cl2N2O3S. The number of aryl methyl sites for hydroxylation is 2. The number of carbonyl (C=O) groups is 2. The zero-order chi connectivity index (χ0) is 21.6. The molecule has 1 aliphatic rings. The maximum Gasteiger partial charge on any atom is 0.301 e. The van der Waals surface area contributed by atoms with Crippen molar-refractivity contribution < 1.29 is 14.7 Å². The lowest BCUT2D eigenvalue weighted by Gasteiger charge is -2.23. The average molecular weight is 459 g/mol. The molecule has 4 rings (SSSR count). The van der Waals surface area contributed by atoms with E-state index in [0.717, 1.165) is 10.6 Å². The van der Waals surface area contributed by atoms with Crippen LogP contribution in [0.15, 0.2) is 54.1 Å². The van der Waals surface area contributed by atoms with Crippen LogP contribution in [0.3, 0.4) is 0 Å². The standard InChI is InChI=1S/C22H16Cl2N2O3S/c1-11-12(2)30-22(25-11)26-18(13-3-7-15(23)8-4-13)17(20(28)21(26)29)19(27)14-5-9-16(24)10-6-14/h3-10,18,27H,1-2H3/t18-/m1/s1. The Hall–Kier alpha value is -2.67. The average Bonchev–Trinajstić information content (AvgIpc) is 3.18. The molecule has 0 spiro atoms. The molecule has 0 bridgehead atoms. The number of aromatic nitrogens is 1. The van der Waals surface area contributed by atoms with Crippen molar-refractivity contribution in [3.05, 3.63) is 85.8 Å². The molecule has 1 aromatic heterocycles. The van der Waals surface area contributed by atoms with Crippen molar-refractivity contribution in [3.63, 3.8) is 0 Å². The molecule has 5 nitrogen and oxygen atoms in total. The number of aliphatic hydroxyl groups is 1. The second-order valence-electron chi connectivity index (χ2n) is 6.87. The molecule has 2 aromatic carbocycles. The maximum absolute atomic E-state index is 13.0. The van der Waals surface area contributed by atoms with Crippen LogP contribution in [0.4, 0.5) is 5.13 Å². The quantitative estimate of drug-likeness (QED) is 0.310. The van der Waals surface area contributed by atoms with E-state index in [-0.39, 0.29) is 11.3 Å². The fourth-order valence-electron chi connectivity index (χ4n) is 3.31. The second-order valence-corrected chi connectivity index (χ2v) is 8.92. The molecule has 0 radical (unpaired) electrons. The van der Waals surface area contributed by atoms with Crippen molar-refractivity contribution >= 4 is 57.1 Å². The van der Waals surface area contributed by atoms with Crippen molar-refractivity contribution in [1.82, 2.24) is 4.98 Å². The van der Waals surface area contributed by atoms with Gasteiger partial charge in [0.25, 0.3) is 5.78 Å². The number of halogens is 2. The lowest BCUT2D eigenvalue weighted by Crippen LogP contribution is -2.29. The summed E-state index contributed by atoms with van der Waals surface area (Å²) in [5.74, 6) is -1.77. The van der Waals surface area contributed by atoms with Crippen LogP contribution in [0.25, 0.3) is 5.76 Å². The number of Topliss-reactive ketones (excluding diaryl/α,β-unsaturated/α-hetero) is 1. The fourth-order valence-corrected chi connectivity index (χ4v) is 4.50. The van der Waals surface area contributed by atoms with E-state index in [1.807, 2.05) is 13.8 Å². The van der Waals surface area contributed by atoms with E-state index in [4.69, 9.17) is 23.2 Å². The first-order valence-corrected chi connectivity index (χ1v) is 10.6. The van der Waals surface area contributed by atoms with Crippen molar-refractivity contribution in [3.8, 4) is 0 Å². The molecule has 30 heavy (non-hydrogen) atoms. The van der Waals surface area contributed by atoms with Gasteiger partial charge in [-0.25, -0.2) is 4.98 Å². The molecule has 1 aliphatic heterocycles. The maximum atomic E-state index is 13.0. The highest BCUT2D eigenvalue weighted by Crippen LogP contribution is 2.43. The number of aliphatic hydroxyl groups excluding tert-OH is 1. The zero-order valence-corrected chi connectivity index (χ0v) is 18.3. The number of thiazole rings is 1.